The number of nitrogens with zero attached hydrogens (tertiary/aromatic N) is 1. The third kappa shape index (κ3) is 4.89. The van der Waals surface area contributed by atoms with Crippen LogP contribution in [-0.2, 0) is 0 Å². The zero-order chi connectivity index (χ0) is 12.0. The molecule has 6 heteroatoms. The van der Waals surface area contributed by atoms with Crippen molar-refractivity contribution in [1.82, 2.24) is 4.98 Å². The molecule has 0 spiro atoms. The first-order valence-electron chi connectivity index (χ1n) is 4.22. The summed E-state index contributed by atoms with van der Waals surface area (Å²) < 4.78 is 39.8. The summed E-state index contributed by atoms with van der Waals surface area (Å²) >= 11 is 5.34. The first-order valence-corrected chi connectivity index (χ1v) is 4.75. The minimum absolute atomic E-state index is 0.0891. The van der Waals surface area contributed by atoms with Gasteiger partial charge in [0.05, 0.1) is 5.88 Å². The van der Waals surface area contributed by atoms with Gasteiger partial charge in [-0.05, 0) is 6.07 Å². The molecular formula is C10H7ClF3NO. The van der Waals surface area contributed by atoms with E-state index in [9.17, 15) is 13.2 Å². The van der Waals surface area contributed by atoms with Crippen molar-refractivity contribution in [2.75, 3.05) is 12.5 Å². The van der Waals surface area contributed by atoms with Crippen molar-refractivity contribution in [3.05, 3.63) is 23.9 Å². The molecule has 0 aliphatic heterocycles. The molecule has 0 bridgehead atoms. The number of alkyl halides is 4. The Kier molecular flexibility index (Phi) is 4.44. The Morgan fingerprint density at radius 3 is 2.62 bits per heavy atom. The van der Waals surface area contributed by atoms with Crippen LogP contribution in [0.3, 0.4) is 0 Å². The number of halogens is 4. The Morgan fingerprint density at radius 1 is 1.38 bits per heavy atom. The normalized spacial score (nSPS) is 10.5. The van der Waals surface area contributed by atoms with Crippen LogP contribution in [-0.4, -0.2) is 23.6 Å². The van der Waals surface area contributed by atoms with E-state index in [0.717, 1.165) is 0 Å². The summed E-state index contributed by atoms with van der Waals surface area (Å²) in [6, 6.07) is 2.84. The molecule has 0 aliphatic rings. The lowest BCUT2D eigenvalue weighted by Crippen LogP contribution is -2.19. The first-order chi connectivity index (χ1) is 7.51. The molecule has 1 aromatic rings. The van der Waals surface area contributed by atoms with Crippen molar-refractivity contribution in [2.24, 2.45) is 0 Å². The summed E-state index contributed by atoms with van der Waals surface area (Å²) in [7, 11) is 0. The minimum atomic E-state index is -4.36. The number of aromatic nitrogens is 1. The second kappa shape index (κ2) is 5.61. The predicted molar refractivity (Wildman–Crippen MR) is 53.4 cm³/mol. The highest BCUT2D eigenvalue weighted by atomic mass is 35.5. The van der Waals surface area contributed by atoms with Gasteiger partial charge in [0.1, 0.15) is 0 Å². The molecule has 2 nitrogen and oxygen atoms in total. The fourth-order valence-electron chi connectivity index (χ4n) is 0.831. The zero-order valence-electron chi connectivity index (χ0n) is 8.01. The van der Waals surface area contributed by atoms with E-state index in [1.54, 1.807) is 0 Å². The maximum absolute atomic E-state index is 11.8. The standard InChI is InChI=1S/C10H7ClF3NO/c11-5-1-2-8-3-4-9(15-6-8)16-7-10(12,13)14/h3-4,6H,5,7H2. The summed E-state index contributed by atoms with van der Waals surface area (Å²) in [5, 5.41) is 0. The minimum Gasteiger partial charge on any atom is -0.468 e. The van der Waals surface area contributed by atoms with E-state index in [1.807, 2.05) is 0 Å². The second-order valence-electron chi connectivity index (χ2n) is 2.72. The first kappa shape index (κ1) is 12.7. The van der Waals surface area contributed by atoms with E-state index in [-0.39, 0.29) is 11.8 Å². The number of hydrogen-bond acceptors (Lipinski definition) is 2. The molecule has 1 aromatic heterocycles. The summed E-state index contributed by atoms with van der Waals surface area (Å²) in [6.45, 7) is -1.35. The van der Waals surface area contributed by atoms with Crippen LogP contribution >= 0.6 is 11.6 Å². The van der Waals surface area contributed by atoms with Gasteiger partial charge in [-0.1, -0.05) is 11.8 Å². The topological polar surface area (TPSA) is 22.1 Å². The summed E-state index contributed by atoms with van der Waals surface area (Å²) in [5.74, 6) is 5.36. The van der Waals surface area contributed by atoms with E-state index in [2.05, 4.69) is 21.6 Å². The maximum atomic E-state index is 11.8. The molecule has 0 amide bonds. The molecule has 0 N–H and O–H groups in total. The monoisotopic (exact) mass is 249 g/mol. The number of ether oxygens (including phenoxy) is 1. The van der Waals surface area contributed by atoms with Crippen LogP contribution < -0.4 is 4.74 Å². The average molecular weight is 250 g/mol. The molecule has 0 atom stereocenters. The smallest absolute Gasteiger partial charge is 0.422 e. The van der Waals surface area contributed by atoms with Crippen LogP contribution in [0, 0.1) is 11.8 Å². The Balaban J connectivity index is 2.58. The Bertz CT molecular complexity index is 391. The third-order valence-electron chi connectivity index (χ3n) is 1.42. The van der Waals surface area contributed by atoms with Gasteiger partial charge in [0.25, 0.3) is 0 Å². The Morgan fingerprint density at radius 2 is 2.12 bits per heavy atom. The highest BCUT2D eigenvalue weighted by molar-refractivity contribution is 6.19. The predicted octanol–water partition coefficient (Wildman–Crippen LogP) is 2.61. The van der Waals surface area contributed by atoms with E-state index >= 15 is 0 Å². The summed E-state index contributed by atoms with van der Waals surface area (Å²) in [5.41, 5.74) is 0.569. The SMILES string of the molecule is FC(F)(F)COc1ccc(C#CCCl)cn1. The Labute approximate surface area is 95.4 Å². The molecule has 0 saturated heterocycles. The van der Waals surface area contributed by atoms with Gasteiger partial charge < -0.3 is 4.74 Å². The summed E-state index contributed by atoms with van der Waals surface area (Å²) in [4.78, 5) is 3.67. The molecular weight excluding hydrogens is 243 g/mol. The largest absolute Gasteiger partial charge is 0.468 e. The molecule has 0 fully saturated rings. The second-order valence-corrected chi connectivity index (χ2v) is 2.99. The highest BCUT2D eigenvalue weighted by Gasteiger charge is 2.28. The van der Waals surface area contributed by atoms with Crippen molar-refractivity contribution in [2.45, 2.75) is 6.18 Å². The molecule has 86 valence electrons. The summed E-state index contributed by atoms with van der Waals surface area (Å²) in [6.07, 6.45) is -3.04. The average Bonchev–Trinajstić information content (AvgIpc) is 2.24. The lowest BCUT2D eigenvalue weighted by atomic mass is 10.3. The third-order valence-corrected chi connectivity index (χ3v) is 1.55. The van der Waals surface area contributed by atoms with Crippen LogP contribution in [0.4, 0.5) is 13.2 Å². The molecule has 0 unspecified atom stereocenters. The quantitative estimate of drug-likeness (QED) is 0.594. The van der Waals surface area contributed by atoms with Gasteiger partial charge in [0.2, 0.25) is 5.88 Å². The van der Waals surface area contributed by atoms with E-state index in [1.165, 1.54) is 18.3 Å². The van der Waals surface area contributed by atoms with Gasteiger partial charge >= 0.3 is 6.18 Å². The molecule has 1 heterocycles. The van der Waals surface area contributed by atoms with Crippen molar-refractivity contribution >= 4 is 11.6 Å². The van der Waals surface area contributed by atoms with Gasteiger partial charge in [-0.15, -0.1) is 11.6 Å². The molecule has 0 aliphatic carbocycles. The maximum Gasteiger partial charge on any atom is 0.422 e. The van der Waals surface area contributed by atoms with Crippen molar-refractivity contribution < 1.29 is 17.9 Å². The van der Waals surface area contributed by atoms with Gasteiger partial charge in [-0.3, -0.25) is 0 Å². The molecule has 16 heavy (non-hydrogen) atoms. The number of pyridine rings is 1. The molecule has 0 saturated carbocycles. The van der Waals surface area contributed by atoms with E-state index in [0.29, 0.717) is 5.56 Å². The lowest BCUT2D eigenvalue weighted by Gasteiger charge is -2.07. The van der Waals surface area contributed by atoms with Gasteiger partial charge in [0, 0.05) is 17.8 Å². The van der Waals surface area contributed by atoms with Crippen LogP contribution in [0.25, 0.3) is 0 Å². The van der Waals surface area contributed by atoms with Gasteiger partial charge in [-0.25, -0.2) is 4.98 Å². The van der Waals surface area contributed by atoms with Crippen LogP contribution in [0.5, 0.6) is 5.88 Å². The Hall–Kier alpha value is -1.41. The number of rotatable bonds is 2. The van der Waals surface area contributed by atoms with Crippen LogP contribution in [0.1, 0.15) is 5.56 Å². The van der Waals surface area contributed by atoms with Gasteiger partial charge in [0.15, 0.2) is 6.61 Å². The van der Waals surface area contributed by atoms with Crippen LogP contribution in [0.2, 0.25) is 0 Å². The fraction of sp³-hybridized carbons (Fsp3) is 0.300. The molecule has 0 aromatic carbocycles. The molecule has 1 rings (SSSR count). The zero-order valence-corrected chi connectivity index (χ0v) is 8.77. The lowest BCUT2D eigenvalue weighted by molar-refractivity contribution is -0.154. The van der Waals surface area contributed by atoms with E-state index in [4.69, 9.17) is 11.6 Å². The van der Waals surface area contributed by atoms with Crippen LogP contribution in [0.15, 0.2) is 18.3 Å². The fourth-order valence-corrected chi connectivity index (χ4v) is 0.898. The highest BCUT2D eigenvalue weighted by Crippen LogP contribution is 2.16. The van der Waals surface area contributed by atoms with Crippen molar-refractivity contribution in [3.63, 3.8) is 0 Å². The number of hydrogen-bond donors (Lipinski definition) is 0. The van der Waals surface area contributed by atoms with Gasteiger partial charge in [-0.2, -0.15) is 13.2 Å². The van der Waals surface area contributed by atoms with E-state index < -0.39 is 12.8 Å². The molecule has 0 radical (unpaired) electrons. The van der Waals surface area contributed by atoms with Crippen molar-refractivity contribution in [3.8, 4) is 17.7 Å². The van der Waals surface area contributed by atoms with Crippen molar-refractivity contribution in [1.29, 1.82) is 0 Å².